The van der Waals surface area contributed by atoms with E-state index in [1.165, 1.54) is 24.2 Å². The van der Waals surface area contributed by atoms with Crippen LogP contribution in [0.1, 0.15) is 39.0 Å². The second-order valence-electron chi connectivity index (χ2n) is 6.84. The maximum absolute atomic E-state index is 12.8. The van der Waals surface area contributed by atoms with Crippen LogP contribution in [0.5, 0.6) is 5.75 Å². The van der Waals surface area contributed by atoms with Gasteiger partial charge in [-0.15, -0.1) is 0 Å². The smallest absolute Gasteiger partial charge is 0.251 e. The number of carbonyl (C=O) groups is 2. The number of thioether (sulfide) groups is 1. The first-order chi connectivity index (χ1) is 12.7. The van der Waals surface area contributed by atoms with E-state index in [1.54, 1.807) is 0 Å². The Kier molecular flexibility index (Phi) is 6.97. The Labute approximate surface area is 160 Å². The van der Waals surface area contributed by atoms with Crippen molar-refractivity contribution in [2.24, 2.45) is 0 Å². The van der Waals surface area contributed by atoms with Gasteiger partial charge in [0.15, 0.2) is 0 Å². The van der Waals surface area contributed by atoms with E-state index in [9.17, 15) is 9.59 Å². The monoisotopic (exact) mass is 376 g/mol. The van der Waals surface area contributed by atoms with Crippen LogP contribution in [-0.2, 0) is 9.59 Å². The van der Waals surface area contributed by atoms with Crippen LogP contribution >= 0.6 is 11.8 Å². The highest BCUT2D eigenvalue weighted by Gasteiger charge is 2.42. The fourth-order valence-electron chi connectivity index (χ4n) is 3.47. The molecule has 0 spiro atoms. The quantitative estimate of drug-likeness (QED) is 0.514. The summed E-state index contributed by atoms with van der Waals surface area (Å²) in [7, 11) is 0. The molecule has 2 heterocycles. The third-order valence-corrected chi connectivity index (χ3v) is 5.91. The lowest BCUT2D eigenvalue weighted by Gasteiger charge is -2.30. The minimum atomic E-state index is -0.294. The topological polar surface area (TPSA) is 49.9 Å². The van der Waals surface area contributed by atoms with Crippen LogP contribution in [-0.4, -0.2) is 54.0 Å². The molecule has 1 aromatic carbocycles. The molecule has 0 saturated carbocycles. The summed E-state index contributed by atoms with van der Waals surface area (Å²) in [5, 5.41) is 0. The Hall–Kier alpha value is -1.53. The van der Waals surface area contributed by atoms with Crippen LogP contribution in [0.2, 0.25) is 0 Å². The molecular formula is C20H28N2O3S. The highest BCUT2D eigenvalue weighted by molar-refractivity contribution is 7.99. The van der Waals surface area contributed by atoms with Gasteiger partial charge in [0.2, 0.25) is 5.91 Å². The summed E-state index contributed by atoms with van der Waals surface area (Å²) in [4.78, 5) is 28.7. The molecule has 1 aromatic rings. The largest absolute Gasteiger partial charge is 0.494 e. The van der Waals surface area contributed by atoms with Gasteiger partial charge in [-0.2, -0.15) is 11.8 Å². The lowest BCUT2D eigenvalue weighted by atomic mass is 10.2. The fraction of sp³-hybridized carbons (Fsp3) is 0.600. The van der Waals surface area contributed by atoms with Crippen LogP contribution in [0, 0.1) is 0 Å². The lowest BCUT2D eigenvalue weighted by Crippen LogP contribution is -2.45. The number of carbonyl (C=O) groups excluding carboxylic acids is 2. The average molecular weight is 377 g/mol. The highest BCUT2D eigenvalue weighted by atomic mass is 32.2. The molecular weight excluding hydrogens is 348 g/mol. The molecule has 2 saturated heterocycles. The molecule has 26 heavy (non-hydrogen) atoms. The normalized spacial score (nSPS) is 21.4. The van der Waals surface area contributed by atoms with Crippen molar-refractivity contribution in [3.05, 3.63) is 24.3 Å². The van der Waals surface area contributed by atoms with E-state index in [2.05, 4.69) is 11.8 Å². The Morgan fingerprint density at radius 1 is 1.08 bits per heavy atom. The predicted molar refractivity (Wildman–Crippen MR) is 106 cm³/mol. The number of nitrogens with zero attached hydrogens (tertiary/aromatic N) is 2. The zero-order valence-electron chi connectivity index (χ0n) is 15.5. The molecule has 2 aliphatic rings. The molecule has 0 N–H and O–H groups in total. The molecule has 0 aromatic heterocycles. The first kappa shape index (κ1) is 19.2. The number of hydrogen-bond acceptors (Lipinski definition) is 5. The van der Waals surface area contributed by atoms with Gasteiger partial charge < -0.3 is 4.74 Å². The van der Waals surface area contributed by atoms with Crippen molar-refractivity contribution < 1.29 is 14.3 Å². The van der Waals surface area contributed by atoms with Crippen molar-refractivity contribution >= 4 is 29.3 Å². The van der Waals surface area contributed by atoms with Crippen LogP contribution in [0.25, 0.3) is 0 Å². The Bertz CT molecular complexity index is 614. The number of imide groups is 1. The number of benzene rings is 1. The molecule has 5 nitrogen and oxygen atoms in total. The van der Waals surface area contributed by atoms with Gasteiger partial charge in [-0.3, -0.25) is 14.5 Å². The van der Waals surface area contributed by atoms with E-state index in [0.29, 0.717) is 18.7 Å². The first-order valence-corrected chi connectivity index (χ1v) is 10.8. The molecule has 2 amide bonds. The van der Waals surface area contributed by atoms with Crippen molar-refractivity contribution in [1.82, 2.24) is 4.90 Å². The van der Waals surface area contributed by atoms with Gasteiger partial charge in [0.05, 0.1) is 24.8 Å². The van der Waals surface area contributed by atoms with Gasteiger partial charge in [0.1, 0.15) is 5.75 Å². The summed E-state index contributed by atoms with van der Waals surface area (Å²) in [6, 6.07) is 7.02. The molecule has 3 rings (SSSR count). The molecule has 0 bridgehead atoms. The fourth-order valence-corrected chi connectivity index (χ4v) is 4.40. The van der Waals surface area contributed by atoms with Gasteiger partial charge in [-0.05, 0) is 30.7 Å². The summed E-state index contributed by atoms with van der Waals surface area (Å²) in [6.45, 7) is 4.66. The second kappa shape index (κ2) is 9.42. The van der Waals surface area contributed by atoms with Crippen molar-refractivity contribution in [1.29, 1.82) is 0 Å². The van der Waals surface area contributed by atoms with Crippen LogP contribution in [0.3, 0.4) is 0 Å². The maximum atomic E-state index is 12.8. The van der Waals surface area contributed by atoms with Crippen molar-refractivity contribution in [3.8, 4) is 5.75 Å². The number of amides is 2. The molecule has 0 aliphatic carbocycles. The number of hydrogen-bond donors (Lipinski definition) is 0. The van der Waals surface area contributed by atoms with E-state index in [1.807, 2.05) is 36.0 Å². The van der Waals surface area contributed by atoms with Gasteiger partial charge in [-0.1, -0.05) is 26.2 Å². The summed E-state index contributed by atoms with van der Waals surface area (Å²) in [5.41, 5.74) is 0.646. The van der Waals surface area contributed by atoms with E-state index < -0.39 is 0 Å². The minimum Gasteiger partial charge on any atom is -0.494 e. The summed E-state index contributed by atoms with van der Waals surface area (Å²) in [6.07, 6.45) is 4.97. The second-order valence-corrected chi connectivity index (χ2v) is 8.06. The summed E-state index contributed by atoms with van der Waals surface area (Å²) >= 11 is 1.90. The van der Waals surface area contributed by atoms with Crippen molar-refractivity contribution in [2.75, 3.05) is 36.1 Å². The third-order valence-electron chi connectivity index (χ3n) is 4.97. The van der Waals surface area contributed by atoms with Crippen LogP contribution in [0.15, 0.2) is 24.3 Å². The van der Waals surface area contributed by atoms with Gasteiger partial charge in [-0.25, -0.2) is 4.90 Å². The third kappa shape index (κ3) is 4.60. The van der Waals surface area contributed by atoms with Gasteiger partial charge >= 0.3 is 0 Å². The van der Waals surface area contributed by atoms with Crippen molar-refractivity contribution in [3.63, 3.8) is 0 Å². The maximum Gasteiger partial charge on any atom is 0.251 e. The summed E-state index contributed by atoms with van der Waals surface area (Å²) in [5.74, 6) is 2.65. The Balaban J connectivity index is 1.58. The minimum absolute atomic E-state index is 0.0878. The van der Waals surface area contributed by atoms with Gasteiger partial charge in [0, 0.05) is 24.6 Å². The molecule has 2 fully saturated rings. The van der Waals surface area contributed by atoms with E-state index >= 15 is 0 Å². The number of rotatable bonds is 8. The zero-order chi connectivity index (χ0) is 18.4. The zero-order valence-corrected chi connectivity index (χ0v) is 16.3. The summed E-state index contributed by atoms with van der Waals surface area (Å²) < 4.78 is 5.74. The molecule has 2 aliphatic heterocycles. The van der Waals surface area contributed by atoms with E-state index in [4.69, 9.17) is 4.74 Å². The molecule has 1 atom stereocenters. The lowest BCUT2D eigenvalue weighted by molar-refractivity contribution is -0.122. The number of unbranched alkanes of at least 4 members (excludes halogenated alkanes) is 3. The molecule has 142 valence electrons. The molecule has 0 unspecified atom stereocenters. The van der Waals surface area contributed by atoms with E-state index in [0.717, 1.165) is 36.8 Å². The first-order valence-electron chi connectivity index (χ1n) is 9.62. The molecule has 0 radical (unpaired) electrons. The van der Waals surface area contributed by atoms with Crippen LogP contribution < -0.4 is 9.64 Å². The Morgan fingerprint density at radius 3 is 2.50 bits per heavy atom. The molecule has 6 heteroatoms. The predicted octanol–water partition coefficient (Wildman–Crippen LogP) is 3.33. The SMILES string of the molecule is CCCCCCOc1ccc(N2C(=O)C[C@@H](N3CCSCC3)C2=O)cc1. The van der Waals surface area contributed by atoms with Gasteiger partial charge in [0.25, 0.3) is 5.91 Å². The highest BCUT2D eigenvalue weighted by Crippen LogP contribution is 2.28. The van der Waals surface area contributed by atoms with Crippen LogP contribution in [0.4, 0.5) is 5.69 Å². The number of ether oxygens (including phenoxy) is 1. The standard InChI is InChI=1S/C20H28N2O3S/c1-2-3-4-5-12-25-17-8-6-16(7-9-17)22-19(23)15-18(20(22)24)21-10-13-26-14-11-21/h6-9,18H,2-5,10-15H2,1H3/t18-/m1/s1. The number of anilines is 1. The van der Waals surface area contributed by atoms with E-state index in [-0.39, 0.29) is 17.9 Å². The van der Waals surface area contributed by atoms with Crippen molar-refractivity contribution in [2.45, 2.75) is 45.1 Å². The Morgan fingerprint density at radius 2 is 1.81 bits per heavy atom. The average Bonchev–Trinajstić information content (AvgIpc) is 2.97.